The van der Waals surface area contributed by atoms with E-state index < -0.39 is 0 Å². The standard InChI is InChI=1S/C30H42O.C30H38O.2C12H26.C9H11N.2HI/c2*1-5-30(31-29-17-16-26-11-7-9-13-28(26)20-29)23(4)22(3)21(2)18-24-14-15-25-10-6-8-12-27(25)19-24;2*1-7-9(3)11(5)12(6)10(4)8-2;1-2-4-9-7-10-6-5-8(9)3-1;;/h6-13,21-24,29-30H,5,14-20H2,1-4H3;6-13,19-23,30H,5,14-18H2,1-4H3;2*9-12H,7-8H2,1-6H3;1-4,10H,5-7H2;2*1H/p-2. The average molecular weight is 1560 g/mol. The van der Waals surface area contributed by atoms with Crippen LogP contribution in [-0.2, 0) is 61.0 Å². The van der Waals surface area contributed by atoms with E-state index in [2.05, 4.69) is 277 Å². The van der Waals surface area contributed by atoms with Gasteiger partial charge in [-0.2, -0.15) is 0 Å². The molecule has 18 atom stereocenters. The van der Waals surface area contributed by atoms with Gasteiger partial charge in [0, 0.05) is 13.0 Å². The number of allylic oxidation sites excluding steroid dienone is 2. The maximum absolute atomic E-state index is 6.77. The molecule has 0 radical (unpaired) electrons. The lowest BCUT2D eigenvalue weighted by Gasteiger charge is -2.37. The van der Waals surface area contributed by atoms with Crippen molar-refractivity contribution in [1.29, 1.82) is 0 Å². The Morgan fingerprint density at radius 3 is 1.24 bits per heavy atom. The Morgan fingerprint density at radius 1 is 0.357 bits per heavy atom. The molecule has 98 heavy (non-hydrogen) atoms. The highest BCUT2D eigenvalue weighted by molar-refractivity contribution is 5.60. The van der Waals surface area contributed by atoms with Crippen molar-refractivity contribution in [3.8, 4) is 0 Å². The van der Waals surface area contributed by atoms with Gasteiger partial charge in [0.05, 0.1) is 18.0 Å². The maximum Gasteiger partial charge on any atom is 0.101 e. The Labute approximate surface area is 638 Å². The predicted octanol–water partition coefficient (Wildman–Crippen LogP) is 19.6. The molecule has 0 bridgehead atoms. The molecule has 1 aliphatic heterocycles. The molecule has 4 aliphatic carbocycles. The molecular weight excluding hydrogens is 1420 g/mol. The zero-order valence-corrected chi connectivity index (χ0v) is 70.3. The maximum atomic E-state index is 6.77. The number of hydrogen-bond donors (Lipinski definition) is 1. The monoisotopic (exact) mass is 1560 g/mol. The van der Waals surface area contributed by atoms with E-state index in [0.717, 1.165) is 104 Å². The molecule has 18 unspecified atom stereocenters. The lowest BCUT2D eigenvalue weighted by atomic mass is 9.73. The Hall–Kier alpha value is -3.24. The average Bonchev–Trinajstić information content (AvgIpc) is 0.903. The molecule has 5 aromatic carbocycles. The number of nitrogens with one attached hydrogen (secondary N) is 1. The van der Waals surface area contributed by atoms with Gasteiger partial charge in [0.1, 0.15) is 6.10 Å². The van der Waals surface area contributed by atoms with Gasteiger partial charge in [0.25, 0.3) is 0 Å². The molecule has 0 amide bonds. The van der Waals surface area contributed by atoms with Gasteiger partial charge in [0.15, 0.2) is 0 Å². The molecule has 548 valence electrons. The van der Waals surface area contributed by atoms with Crippen LogP contribution >= 0.6 is 0 Å². The summed E-state index contributed by atoms with van der Waals surface area (Å²) in [5.74, 6) is 12.9. The van der Waals surface area contributed by atoms with E-state index in [0.29, 0.717) is 41.8 Å². The van der Waals surface area contributed by atoms with E-state index >= 15 is 0 Å². The smallest absolute Gasteiger partial charge is 0.101 e. The number of aryl methyl sites for hydroxylation is 4. The summed E-state index contributed by atoms with van der Waals surface area (Å²) in [6, 6.07) is 44.2. The molecule has 0 saturated heterocycles. The Morgan fingerprint density at radius 2 is 0.755 bits per heavy atom. The van der Waals surface area contributed by atoms with Crippen LogP contribution in [-0.4, -0.2) is 24.9 Å². The van der Waals surface area contributed by atoms with Crippen LogP contribution in [0.3, 0.4) is 0 Å². The lowest BCUT2D eigenvalue weighted by molar-refractivity contribution is -0.0626. The molecule has 1 N–H and O–H groups in total. The first-order valence-corrected chi connectivity index (χ1v) is 39.9. The van der Waals surface area contributed by atoms with Crippen LogP contribution in [0, 0.1) is 88.8 Å². The van der Waals surface area contributed by atoms with Gasteiger partial charge < -0.3 is 62.7 Å². The second kappa shape index (κ2) is 45.8. The third-order valence-corrected chi connectivity index (χ3v) is 26.1. The molecule has 1 heterocycles. The first-order chi connectivity index (χ1) is 46.1. The van der Waals surface area contributed by atoms with E-state index in [1.165, 1.54) is 140 Å². The van der Waals surface area contributed by atoms with E-state index in [4.69, 9.17) is 9.47 Å². The minimum atomic E-state index is 0. The van der Waals surface area contributed by atoms with Crippen molar-refractivity contribution in [3.63, 3.8) is 0 Å². The summed E-state index contributed by atoms with van der Waals surface area (Å²) in [6.07, 6.45) is 28.8. The van der Waals surface area contributed by atoms with Crippen LogP contribution in [0.15, 0.2) is 133 Å². The van der Waals surface area contributed by atoms with Crippen molar-refractivity contribution in [2.24, 2.45) is 88.8 Å². The number of halogens is 2. The van der Waals surface area contributed by atoms with Crippen LogP contribution < -0.4 is 53.3 Å². The van der Waals surface area contributed by atoms with Crippen molar-refractivity contribution in [2.75, 3.05) is 6.54 Å². The molecule has 0 spiro atoms. The van der Waals surface area contributed by atoms with Crippen molar-refractivity contribution >= 4 is 12.2 Å². The lowest BCUT2D eigenvalue weighted by Crippen LogP contribution is -3.00. The number of rotatable bonds is 26. The highest BCUT2D eigenvalue weighted by atomic mass is 127. The highest BCUT2D eigenvalue weighted by Gasteiger charge is 2.33. The number of fused-ring (bicyclic) bond motifs is 5. The Kier molecular flexibility index (Phi) is 40.7. The van der Waals surface area contributed by atoms with Crippen LogP contribution in [0.5, 0.6) is 0 Å². The predicted molar refractivity (Wildman–Crippen MR) is 421 cm³/mol. The molecule has 3 nitrogen and oxygen atoms in total. The van der Waals surface area contributed by atoms with E-state index in [1.54, 1.807) is 16.7 Å². The molecule has 5 aromatic rings. The molecule has 0 saturated carbocycles. The van der Waals surface area contributed by atoms with Gasteiger partial charge in [-0.1, -0.05) is 297 Å². The highest BCUT2D eigenvalue weighted by Crippen LogP contribution is 2.39. The van der Waals surface area contributed by atoms with Gasteiger partial charge in [0.2, 0.25) is 0 Å². The summed E-state index contributed by atoms with van der Waals surface area (Å²) in [5, 5.41) is 3.34. The minimum absolute atomic E-state index is 0. The summed E-state index contributed by atoms with van der Waals surface area (Å²) in [7, 11) is 0. The minimum Gasteiger partial charge on any atom is -1.00 e. The molecule has 5 aliphatic rings. The topological polar surface area (TPSA) is 30.5 Å². The number of ether oxygens (including phenoxy) is 2. The van der Waals surface area contributed by atoms with Gasteiger partial charge >= 0.3 is 0 Å². The van der Waals surface area contributed by atoms with Crippen LogP contribution in [0.1, 0.15) is 271 Å². The summed E-state index contributed by atoms with van der Waals surface area (Å²) < 4.78 is 13.4. The van der Waals surface area contributed by atoms with E-state index in [1.807, 2.05) is 0 Å². The molecule has 0 aromatic heterocycles. The van der Waals surface area contributed by atoms with E-state index in [9.17, 15) is 0 Å². The first-order valence-electron chi connectivity index (χ1n) is 39.9. The zero-order chi connectivity index (χ0) is 69.8. The fraction of sp³-hybridized carbons (Fsp3) is 0.634. The first kappa shape index (κ1) is 87.2. The summed E-state index contributed by atoms with van der Waals surface area (Å²) in [5.41, 5.74) is 16.5. The fourth-order valence-corrected chi connectivity index (χ4v) is 16.5. The SMILES string of the molecule is CCC(C)C(C)C(C)C(C)CC.CCC(C)C(C)C(C)C(C)CC.CCC(OC1=Cc2ccccc2CC1)C(C)C(C)C(C)CC1=Cc2ccccc2CC1.CCC(OC1CCc2ccccc2C1)C(C)C(C)C(C)CC1CCc2ccccc2C1.[I-].[I-].c1ccc2c(c1)CCNC2. The normalized spacial score (nSPS) is 20.8. The van der Waals surface area contributed by atoms with Crippen LogP contribution in [0.25, 0.3) is 12.2 Å². The molecule has 0 fully saturated rings. The van der Waals surface area contributed by atoms with Crippen molar-refractivity contribution in [1.82, 2.24) is 5.32 Å². The third-order valence-electron chi connectivity index (χ3n) is 26.1. The van der Waals surface area contributed by atoms with Crippen LogP contribution in [0.2, 0.25) is 0 Å². The fourth-order valence-electron chi connectivity index (χ4n) is 16.5. The van der Waals surface area contributed by atoms with Gasteiger partial charge in [-0.05, 0) is 247 Å². The summed E-state index contributed by atoms with van der Waals surface area (Å²) in [6.45, 7) is 49.8. The summed E-state index contributed by atoms with van der Waals surface area (Å²) >= 11 is 0. The number of benzene rings is 5. The Balaban J connectivity index is 0.000000282. The quantitative estimate of drug-likeness (QED) is 0.0560. The second-order valence-corrected chi connectivity index (χ2v) is 32.0. The largest absolute Gasteiger partial charge is 1.00 e. The third kappa shape index (κ3) is 26.8. The van der Waals surface area contributed by atoms with Crippen LogP contribution in [0.4, 0.5) is 0 Å². The van der Waals surface area contributed by atoms with Gasteiger partial charge in [-0.3, -0.25) is 0 Å². The van der Waals surface area contributed by atoms with Gasteiger partial charge in [-0.15, -0.1) is 0 Å². The molecule has 10 rings (SSSR count). The van der Waals surface area contributed by atoms with Crippen molar-refractivity contribution in [2.45, 2.75) is 285 Å². The second-order valence-electron chi connectivity index (χ2n) is 32.0. The zero-order valence-electron chi connectivity index (χ0n) is 66.0. The van der Waals surface area contributed by atoms with E-state index in [-0.39, 0.29) is 54.1 Å². The molecule has 5 heteroatoms. The van der Waals surface area contributed by atoms with Crippen molar-refractivity contribution < 1.29 is 57.4 Å². The number of hydrogen-bond acceptors (Lipinski definition) is 3. The summed E-state index contributed by atoms with van der Waals surface area (Å²) in [4.78, 5) is 0. The van der Waals surface area contributed by atoms with Gasteiger partial charge in [-0.25, -0.2) is 0 Å². The van der Waals surface area contributed by atoms with Crippen molar-refractivity contribution in [3.05, 3.63) is 188 Å². The Bertz CT molecular complexity index is 2970. The molecular formula is C93H143I2NO2-2.